The molecule has 12 heteroatoms. The number of amides is 2. The second-order valence-corrected chi connectivity index (χ2v) is 9.67. The fourth-order valence-electron chi connectivity index (χ4n) is 3.13. The summed E-state index contributed by atoms with van der Waals surface area (Å²) in [7, 11) is 0. The van der Waals surface area contributed by atoms with E-state index in [1.165, 1.54) is 12.1 Å². The first-order chi connectivity index (χ1) is 17.1. The highest BCUT2D eigenvalue weighted by Gasteiger charge is 2.19. The Labute approximate surface area is 228 Å². The number of hydrogen-bond donors (Lipinski definition) is 2. The number of benzene rings is 2. The molecule has 1 aliphatic carbocycles. The van der Waals surface area contributed by atoms with Crippen molar-refractivity contribution in [2.75, 3.05) is 0 Å². The number of carbonyl (C=O) groups excluding carboxylic acids is 2. The van der Waals surface area contributed by atoms with Crippen LogP contribution in [0, 0.1) is 0 Å². The maximum atomic E-state index is 12.3. The van der Waals surface area contributed by atoms with Crippen LogP contribution in [-0.2, 0) is 9.59 Å². The Bertz CT molecular complexity index is 1090. The SMILES string of the molecule is C[C@@H](Oc1ccc(Cl)cc1Cl)C(=O)NN=C1CCC(=NNC(=O)[C@@H](C)Oc2ccc(Cl)cc2Cl)CC1. The molecule has 8 nitrogen and oxygen atoms in total. The lowest BCUT2D eigenvalue weighted by atomic mass is 9.97. The molecular weight excluding hydrogens is 550 g/mol. The minimum absolute atomic E-state index is 0.314. The molecule has 1 saturated carbocycles. The molecule has 0 heterocycles. The van der Waals surface area contributed by atoms with Gasteiger partial charge in [-0.1, -0.05) is 46.4 Å². The van der Waals surface area contributed by atoms with E-state index in [1.807, 2.05) is 0 Å². The molecule has 0 spiro atoms. The maximum Gasteiger partial charge on any atom is 0.280 e. The third-order valence-corrected chi connectivity index (χ3v) is 6.25. The van der Waals surface area contributed by atoms with Gasteiger partial charge >= 0.3 is 0 Å². The molecule has 36 heavy (non-hydrogen) atoms. The molecule has 2 aromatic carbocycles. The van der Waals surface area contributed by atoms with Gasteiger partial charge in [0.2, 0.25) is 0 Å². The molecule has 0 unspecified atom stereocenters. The summed E-state index contributed by atoms with van der Waals surface area (Å²) in [5, 5.41) is 9.98. The number of halogens is 4. The smallest absolute Gasteiger partial charge is 0.280 e. The predicted octanol–water partition coefficient (Wildman–Crippen LogP) is 6.05. The van der Waals surface area contributed by atoms with Gasteiger partial charge in [-0.15, -0.1) is 0 Å². The summed E-state index contributed by atoms with van der Waals surface area (Å²) in [5.41, 5.74) is 6.69. The third-order valence-electron chi connectivity index (χ3n) is 5.19. The molecular formula is C24H24Cl4N4O4. The minimum atomic E-state index is -0.809. The summed E-state index contributed by atoms with van der Waals surface area (Å²) in [6, 6.07) is 9.52. The van der Waals surface area contributed by atoms with Crippen LogP contribution in [0.3, 0.4) is 0 Å². The standard InChI is InChI=1S/C24H24Cl4N4O4/c1-13(35-21-9-3-15(25)11-19(21)27)23(33)31-29-17-5-7-18(8-6-17)30-32-24(34)14(2)36-22-10-4-16(26)12-20(22)28/h3-4,9-14H,5-8H2,1-2H3,(H,31,33)(H,32,34)/t13-,14-/m1/s1. The van der Waals surface area contributed by atoms with Crippen LogP contribution in [-0.4, -0.2) is 35.4 Å². The Morgan fingerprint density at radius 3 is 1.42 bits per heavy atom. The summed E-state index contributed by atoms with van der Waals surface area (Å²) in [6.07, 6.45) is 0.769. The topological polar surface area (TPSA) is 101 Å². The van der Waals surface area contributed by atoms with Gasteiger partial charge in [0, 0.05) is 21.5 Å². The summed E-state index contributed by atoms with van der Waals surface area (Å²) in [5.74, 6) is -0.106. The zero-order valence-corrected chi connectivity index (χ0v) is 22.5. The van der Waals surface area contributed by atoms with E-state index in [0.717, 1.165) is 11.4 Å². The Hall–Kier alpha value is -2.52. The van der Waals surface area contributed by atoms with E-state index in [4.69, 9.17) is 55.9 Å². The molecule has 2 atom stereocenters. The molecule has 0 aromatic heterocycles. The molecule has 0 radical (unpaired) electrons. The number of hydrazone groups is 2. The zero-order valence-electron chi connectivity index (χ0n) is 19.5. The number of rotatable bonds is 8. The van der Waals surface area contributed by atoms with E-state index in [0.29, 0.717) is 57.3 Å². The van der Waals surface area contributed by atoms with E-state index in [-0.39, 0.29) is 0 Å². The van der Waals surface area contributed by atoms with E-state index >= 15 is 0 Å². The lowest BCUT2D eigenvalue weighted by molar-refractivity contribution is -0.127. The molecule has 1 aliphatic rings. The molecule has 1 fully saturated rings. The lowest BCUT2D eigenvalue weighted by Crippen LogP contribution is -2.35. The van der Waals surface area contributed by atoms with Crippen LogP contribution in [0.5, 0.6) is 11.5 Å². The largest absolute Gasteiger partial charge is 0.479 e. The molecule has 0 aliphatic heterocycles. The van der Waals surface area contributed by atoms with Gasteiger partial charge in [0.1, 0.15) is 11.5 Å². The van der Waals surface area contributed by atoms with Gasteiger partial charge in [0.15, 0.2) is 12.2 Å². The first kappa shape index (κ1) is 28.1. The normalized spacial score (nSPS) is 14.9. The van der Waals surface area contributed by atoms with E-state index in [1.54, 1.807) is 38.1 Å². The summed E-state index contributed by atoms with van der Waals surface area (Å²) >= 11 is 23.9. The van der Waals surface area contributed by atoms with Crippen LogP contribution in [0.2, 0.25) is 20.1 Å². The van der Waals surface area contributed by atoms with Crippen LogP contribution in [0.1, 0.15) is 39.5 Å². The predicted molar refractivity (Wildman–Crippen MR) is 143 cm³/mol. The van der Waals surface area contributed by atoms with Crippen molar-refractivity contribution in [2.24, 2.45) is 10.2 Å². The number of nitrogens with one attached hydrogen (secondary N) is 2. The van der Waals surface area contributed by atoms with Gasteiger partial charge < -0.3 is 9.47 Å². The number of carbonyl (C=O) groups is 2. The molecule has 2 amide bonds. The van der Waals surface area contributed by atoms with Gasteiger partial charge in [-0.3, -0.25) is 9.59 Å². The highest BCUT2D eigenvalue weighted by Crippen LogP contribution is 2.29. The van der Waals surface area contributed by atoms with Gasteiger partial charge in [-0.05, 0) is 75.9 Å². The molecule has 0 bridgehead atoms. The van der Waals surface area contributed by atoms with Crippen molar-refractivity contribution < 1.29 is 19.1 Å². The van der Waals surface area contributed by atoms with Crippen LogP contribution in [0.4, 0.5) is 0 Å². The molecule has 2 aromatic rings. The quantitative estimate of drug-likeness (QED) is 0.375. The Balaban J connectivity index is 1.43. The number of hydrogen-bond acceptors (Lipinski definition) is 6. The van der Waals surface area contributed by atoms with Crippen LogP contribution in [0.25, 0.3) is 0 Å². The van der Waals surface area contributed by atoms with E-state index in [2.05, 4.69) is 21.1 Å². The van der Waals surface area contributed by atoms with Crippen molar-refractivity contribution in [1.29, 1.82) is 0 Å². The summed E-state index contributed by atoms with van der Waals surface area (Å²) in [6.45, 7) is 3.20. The summed E-state index contributed by atoms with van der Waals surface area (Å²) in [4.78, 5) is 24.7. The summed E-state index contributed by atoms with van der Waals surface area (Å²) < 4.78 is 11.2. The average molecular weight is 574 g/mol. The monoisotopic (exact) mass is 572 g/mol. The van der Waals surface area contributed by atoms with E-state index in [9.17, 15) is 9.59 Å². The van der Waals surface area contributed by atoms with Gasteiger partial charge in [0.05, 0.1) is 10.0 Å². The molecule has 0 saturated heterocycles. The van der Waals surface area contributed by atoms with Crippen molar-refractivity contribution >= 4 is 69.6 Å². The fraction of sp³-hybridized carbons (Fsp3) is 0.333. The van der Waals surface area contributed by atoms with Crippen molar-refractivity contribution in [3.8, 4) is 11.5 Å². The molecule has 3 rings (SSSR count). The van der Waals surface area contributed by atoms with Crippen LogP contribution >= 0.6 is 46.4 Å². The minimum Gasteiger partial charge on any atom is -0.479 e. The van der Waals surface area contributed by atoms with Gasteiger partial charge in [0.25, 0.3) is 11.8 Å². The lowest BCUT2D eigenvalue weighted by Gasteiger charge is -2.18. The number of ether oxygens (including phenoxy) is 2. The first-order valence-electron chi connectivity index (χ1n) is 11.1. The molecule has 2 N–H and O–H groups in total. The zero-order chi connectivity index (χ0) is 26.2. The van der Waals surface area contributed by atoms with Crippen molar-refractivity contribution in [1.82, 2.24) is 10.9 Å². The van der Waals surface area contributed by atoms with Crippen LogP contribution in [0.15, 0.2) is 46.6 Å². The highest BCUT2D eigenvalue weighted by molar-refractivity contribution is 6.36. The molecule has 192 valence electrons. The highest BCUT2D eigenvalue weighted by atomic mass is 35.5. The third kappa shape index (κ3) is 8.27. The van der Waals surface area contributed by atoms with Crippen LogP contribution < -0.4 is 20.3 Å². The maximum absolute atomic E-state index is 12.3. The Morgan fingerprint density at radius 2 is 1.08 bits per heavy atom. The Morgan fingerprint density at radius 1 is 0.722 bits per heavy atom. The average Bonchev–Trinajstić information content (AvgIpc) is 2.84. The van der Waals surface area contributed by atoms with Crippen molar-refractivity contribution in [3.63, 3.8) is 0 Å². The van der Waals surface area contributed by atoms with Gasteiger partial charge in [-0.2, -0.15) is 10.2 Å². The first-order valence-corrected chi connectivity index (χ1v) is 12.6. The second-order valence-electron chi connectivity index (χ2n) is 7.98. The van der Waals surface area contributed by atoms with Crippen molar-refractivity contribution in [2.45, 2.75) is 51.7 Å². The fourth-order valence-corrected chi connectivity index (χ4v) is 4.04. The Kier molecular flexibility index (Phi) is 10.2. The van der Waals surface area contributed by atoms with Crippen molar-refractivity contribution in [3.05, 3.63) is 56.5 Å². The number of nitrogens with zero attached hydrogens (tertiary/aromatic N) is 2. The van der Waals surface area contributed by atoms with E-state index < -0.39 is 24.0 Å². The van der Waals surface area contributed by atoms with Gasteiger partial charge in [-0.25, -0.2) is 10.9 Å². The second kappa shape index (κ2) is 13.1.